The fourth-order valence-electron chi connectivity index (χ4n) is 4.29. The lowest BCUT2D eigenvalue weighted by Gasteiger charge is -2.25. The molecule has 160 valence electrons. The van der Waals surface area contributed by atoms with E-state index in [1.54, 1.807) is 11.3 Å². The summed E-state index contributed by atoms with van der Waals surface area (Å²) < 4.78 is 3.11. The molecule has 0 radical (unpaired) electrons. The topological polar surface area (TPSA) is 63.4 Å². The first-order chi connectivity index (χ1) is 14.9. The second-order valence-corrected chi connectivity index (χ2v) is 10.4. The van der Waals surface area contributed by atoms with E-state index in [-0.39, 0.29) is 17.4 Å². The number of amides is 1. The first-order valence-corrected chi connectivity index (χ1v) is 11.7. The van der Waals surface area contributed by atoms with Crippen molar-refractivity contribution < 1.29 is 4.79 Å². The predicted molar refractivity (Wildman–Crippen MR) is 123 cm³/mol. The lowest BCUT2D eigenvalue weighted by molar-refractivity contribution is -0.132. The smallest absolute Gasteiger partial charge is 0.223 e. The molecular formula is C24H27N5OS. The average Bonchev–Trinajstić information content (AvgIpc) is 3.48. The summed E-state index contributed by atoms with van der Waals surface area (Å²) in [6.45, 7) is 7.26. The summed E-state index contributed by atoms with van der Waals surface area (Å²) in [7, 11) is 0. The van der Waals surface area contributed by atoms with Crippen LogP contribution in [0.3, 0.4) is 0 Å². The van der Waals surface area contributed by atoms with Crippen molar-refractivity contribution in [3.8, 4) is 0 Å². The molecule has 1 fully saturated rings. The molecule has 1 saturated heterocycles. The first kappa shape index (κ1) is 20.1. The van der Waals surface area contributed by atoms with Crippen LogP contribution in [0.4, 0.5) is 0 Å². The van der Waals surface area contributed by atoms with E-state index in [1.165, 1.54) is 4.70 Å². The van der Waals surface area contributed by atoms with Gasteiger partial charge in [0.2, 0.25) is 5.91 Å². The van der Waals surface area contributed by atoms with Crippen molar-refractivity contribution in [2.24, 2.45) is 0 Å². The van der Waals surface area contributed by atoms with Crippen molar-refractivity contribution in [3.63, 3.8) is 0 Å². The Morgan fingerprint density at radius 2 is 2.06 bits per heavy atom. The molecule has 5 rings (SSSR count). The Kier molecular flexibility index (Phi) is 5.01. The van der Waals surface area contributed by atoms with Gasteiger partial charge in [0.1, 0.15) is 0 Å². The maximum absolute atomic E-state index is 13.2. The van der Waals surface area contributed by atoms with Gasteiger partial charge in [0, 0.05) is 37.1 Å². The minimum absolute atomic E-state index is 0.0427. The van der Waals surface area contributed by atoms with Crippen molar-refractivity contribution in [3.05, 3.63) is 59.0 Å². The number of para-hydroxylation sites is 1. The predicted octanol–water partition coefficient (Wildman–Crippen LogP) is 4.93. The number of likely N-dealkylation sites (tertiary alicyclic amines) is 1. The molecule has 1 unspecified atom stereocenters. The van der Waals surface area contributed by atoms with Crippen LogP contribution in [0.5, 0.6) is 0 Å². The number of thiazole rings is 1. The Hall–Kier alpha value is -2.80. The fraction of sp³-hybridized carbons (Fsp3) is 0.417. The number of carbonyl (C=O) groups excluding carboxylic acids is 1. The molecule has 6 nitrogen and oxygen atoms in total. The quantitative estimate of drug-likeness (QED) is 0.458. The van der Waals surface area contributed by atoms with Crippen molar-refractivity contribution in [1.29, 1.82) is 0 Å². The summed E-state index contributed by atoms with van der Waals surface area (Å²) in [4.78, 5) is 24.4. The van der Waals surface area contributed by atoms with Gasteiger partial charge in [-0.2, -0.15) is 5.10 Å². The van der Waals surface area contributed by atoms with Gasteiger partial charge in [0.25, 0.3) is 0 Å². The number of benzene rings is 1. The van der Waals surface area contributed by atoms with Gasteiger partial charge in [0.05, 0.1) is 32.7 Å². The number of rotatable bonds is 4. The van der Waals surface area contributed by atoms with E-state index in [4.69, 9.17) is 5.10 Å². The maximum atomic E-state index is 13.2. The van der Waals surface area contributed by atoms with E-state index in [2.05, 4.69) is 42.9 Å². The van der Waals surface area contributed by atoms with Crippen LogP contribution in [0, 0.1) is 0 Å². The Labute approximate surface area is 185 Å². The fourth-order valence-corrected chi connectivity index (χ4v) is 5.26. The molecule has 1 aliphatic heterocycles. The van der Waals surface area contributed by atoms with Gasteiger partial charge in [-0.05, 0) is 31.0 Å². The number of nitrogens with zero attached hydrogens (tertiary/aromatic N) is 5. The number of aryl methyl sites for hydroxylation is 1. The molecule has 0 N–H and O–H groups in total. The zero-order valence-corrected chi connectivity index (χ0v) is 19.0. The Morgan fingerprint density at radius 1 is 1.23 bits per heavy atom. The summed E-state index contributed by atoms with van der Waals surface area (Å²) in [5, 5.41) is 5.87. The third kappa shape index (κ3) is 3.82. The van der Waals surface area contributed by atoms with E-state index in [1.807, 2.05) is 39.9 Å². The number of fused-ring (bicyclic) bond motifs is 2. The van der Waals surface area contributed by atoms with Crippen molar-refractivity contribution in [1.82, 2.24) is 24.5 Å². The van der Waals surface area contributed by atoms with Gasteiger partial charge in [-0.15, -0.1) is 11.3 Å². The molecule has 31 heavy (non-hydrogen) atoms. The molecule has 1 atom stereocenters. The van der Waals surface area contributed by atoms with Gasteiger partial charge in [-0.25, -0.2) is 14.5 Å². The molecule has 0 saturated carbocycles. The van der Waals surface area contributed by atoms with Crippen LogP contribution in [-0.2, 0) is 16.6 Å². The van der Waals surface area contributed by atoms with Crippen molar-refractivity contribution >= 4 is 33.1 Å². The maximum Gasteiger partial charge on any atom is 0.223 e. The minimum atomic E-state index is -0.0482. The Morgan fingerprint density at radius 3 is 2.87 bits per heavy atom. The molecule has 7 heteroatoms. The highest BCUT2D eigenvalue weighted by Gasteiger charge is 2.32. The summed E-state index contributed by atoms with van der Waals surface area (Å²) in [5.41, 5.74) is 3.87. The Bertz CT molecular complexity index is 1220. The SMILES string of the molecule is CC(C)(C)c1cc2nccc(C3CCCN3C(=O)CCc3nc4ccccc4s3)n2n1. The summed E-state index contributed by atoms with van der Waals surface area (Å²) in [6, 6.07) is 12.2. The van der Waals surface area contributed by atoms with Crippen LogP contribution in [0.25, 0.3) is 15.9 Å². The van der Waals surface area contributed by atoms with Crippen molar-refractivity contribution in [2.75, 3.05) is 6.54 Å². The van der Waals surface area contributed by atoms with Crippen LogP contribution in [0.15, 0.2) is 42.6 Å². The normalized spacial score (nSPS) is 17.1. The highest BCUT2D eigenvalue weighted by atomic mass is 32.1. The van der Waals surface area contributed by atoms with Crippen LogP contribution in [0.2, 0.25) is 0 Å². The summed E-state index contributed by atoms with van der Waals surface area (Å²) in [5.74, 6) is 0.190. The Balaban J connectivity index is 1.36. The van der Waals surface area contributed by atoms with Gasteiger partial charge in [-0.1, -0.05) is 32.9 Å². The molecule has 1 aromatic carbocycles. The number of hydrogen-bond donors (Lipinski definition) is 0. The highest BCUT2D eigenvalue weighted by molar-refractivity contribution is 7.18. The lowest BCUT2D eigenvalue weighted by atomic mass is 9.93. The monoisotopic (exact) mass is 433 g/mol. The number of carbonyl (C=O) groups is 1. The van der Waals surface area contributed by atoms with Gasteiger partial charge < -0.3 is 4.90 Å². The molecule has 0 bridgehead atoms. The highest BCUT2D eigenvalue weighted by Crippen LogP contribution is 2.33. The molecule has 4 heterocycles. The third-order valence-corrected chi connectivity index (χ3v) is 7.06. The van der Waals surface area contributed by atoms with E-state index in [9.17, 15) is 4.79 Å². The molecule has 1 aliphatic rings. The van der Waals surface area contributed by atoms with Crippen LogP contribution < -0.4 is 0 Å². The molecule has 1 amide bonds. The van der Waals surface area contributed by atoms with Gasteiger partial charge in [-0.3, -0.25) is 4.79 Å². The molecule has 0 aliphatic carbocycles. The zero-order valence-electron chi connectivity index (χ0n) is 18.2. The minimum Gasteiger partial charge on any atom is -0.334 e. The van der Waals surface area contributed by atoms with Gasteiger partial charge >= 0.3 is 0 Å². The molecular weight excluding hydrogens is 406 g/mol. The summed E-state index contributed by atoms with van der Waals surface area (Å²) >= 11 is 1.68. The molecule has 3 aromatic heterocycles. The largest absolute Gasteiger partial charge is 0.334 e. The average molecular weight is 434 g/mol. The van der Waals surface area contributed by atoms with E-state index < -0.39 is 0 Å². The van der Waals surface area contributed by atoms with Crippen molar-refractivity contribution in [2.45, 2.75) is 57.9 Å². The van der Waals surface area contributed by atoms with E-state index >= 15 is 0 Å². The van der Waals surface area contributed by atoms with Crippen LogP contribution in [0.1, 0.15) is 62.5 Å². The standard InChI is InChI=1S/C24H27N5OS/c1-24(2,3)20-15-21-25-13-12-18(29(21)27-20)17-8-6-14-28(17)23(30)11-10-22-26-16-7-4-5-9-19(16)31-22/h4-5,7,9,12-13,15,17H,6,8,10-11,14H2,1-3H3. The second kappa shape index (κ2) is 7.71. The van der Waals surface area contributed by atoms with Gasteiger partial charge in [0.15, 0.2) is 5.65 Å². The summed E-state index contributed by atoms with van der Waals surface area (Å²) in [6.07, 6.45) is 4.96. The number of hydrogen-bond acceptors (Lipinski definition) is 5. The number of aromatic nitrogens is 4. The second-order valence-electron chi connectivity index (χ2n) is 9.24. The van der Waals surface area contributed by atoms with E-state index in [0.717, 1.165) is 46.9 Å². The first-order valence-electron chi connectivity index (χ1n) is 10.9. The van der Waals surface area contributed by atoms with Crippen LogP contribution >= 0.6 is 11.3 Å². The lowest BCUT2D eigenvalue weighted by Crippen LogP contribution is -2.31. The third-order valence-electron chi connectivity index (χ3n) is 5.96. The zero-order chi connectivity index (χ0) is 21.6. The molecule has 0 spiro atoms. The van der Waals surface area contributed by atoms with E-state index in [0.29, 0.717) is 12.8 Å². The van der Waals surface area contributed by atoms with Crippen LogP contribution in [-0.4, -0.2) is 36.9 Å². The molecule has 4 aromatic rings.